The van der Waals surface area contributed by atoms with Crippen molar-refractivity contribution in [1.29, 1.82) is 0 Å². The minimum absolute atomic E-state index is 0.683. The molecule has 0 aromatic heterocycles. The van der Waals surface area contributed by atoms with Gasteiger partial charge in [0.05, 0.1) is 0 Å². The molecule has 1 heterocycles. The van der Waals surface area contributed by atoms with Crippen molar-refractivity contribution in [2.45, 2.75) is 44.7 Å². The van der Waals surface area contributed by atoms with Gasteiger partial charge in [-0.25, -0.2) is 0 Å². The number of piperidine rings is 1. The van der Waals surface area contributed by atoms with E-state index in [-0.39, 0.29) is 0 Å². The fourth-order valence-electron chi connectivity index (χ4n) is 3.38. The summed E-state index contributed by atoms with van der Waals surface area (Å²) in [5.74, 6) is 0.848. The molecular formula is C14H19N. The van der Waals surface area contributed by atoms with Gasteiger partial charge in [-0.15, -0.1) is 0 Å². The van der Waals surface area contributed by atoms with Gasteiger partial charge in [-0.1, -0.05) is 24.3 Å². The molecule has 0 saturated carbocycles. The number of likely N-dealkylation sites (tertiary alicyclic amines) is 1. The first-order valence-electron chi connectivity index (χ1n) is 6.12. The summed E-state index contributed by atoms with van der Waals surface area (Å²) < 4.78 is 0. The SMILES string of the molecule is CC(C)N1CCC2CC1c1ccccc12. The van der Waals surface area contributed by atoms with E-state index in [9.17, 15) is 0 Å². The molecule has 15 heavy (non-hydrogen) atoms. The van der Waals surface area contributed by atoms with Crippen LogP contribution in [0.15, 0.2) is 24.3 Å². The summed E-state index contributed by atoms with van der Waals surface area (Å²) in [6, 6.07) is 10.4. The van der Waals surface area contributed by atoms with Crippen molar-refractivity contribution in [3.05, 3.63) is 35.4 Å². The Bertz CT molecular complexity index is 369. The quantitative estimate of drug-likeness (QED) is 0.673. The van der Waals surface area contributed by atoms with Crippen LogP contribution in [0.4, 0.5) is 0 Å². The van der Waals surface area contributed by atoms with E-state index in [0.717, 1.165) is 5.92 Å². The Balaban J connectivity index is 2.02. The Morgan fingerprint density at radius 3 is 2.67 bits per heavy atom. The van der Waals surface area contributed by atoms with Gasteiger partial charge in [0, 0.05) is 12.1 Å². The largest absolute Gasteiger partial charge is 0.294 e. The summed E-state index contributed by atoms with van der Waals surface area (Å²) in [6.45, 7) is 5.92. The van der Waals surface area contributed by atoms with Crippen molar-refractivity contribution in [3.63, 3.8) is 0 Å². The molecule has 1 saturated heterocycles. The van der Waals surface area contributed by atoms with Crippen molar-refractivity contribution in [2.24, 2.45) is 0 Å². The summed E-state index contributed by atoms with van der Waals surface area (Å²) in [6.07, 6.45) is 2.71. The number of benzene rings is 1. The highest BCUT2D eigenvalue weighted by atomic mass is 15.2. The van der Waals surface area contributed by atoms with Crippen LogP contribution < -0.4 is 0 Å². The Morgan fingerprint density at radius 1 is 1.20 bits per heavy atom. The minimum atomic E-state index is 0.683. The van der Waals surface area contributed by atoms with Gasteiger partial charge in [0.25, 0.3) is 0 Å². The van der Waals surface area contributed by atoms with Gasteiger partial charge in [0.2, 0.25) is 0 Å². The normalized spacial score (nSPS) is 29.5. The van der Waals surface area contributed by atoms with Crippen molar-refractivity contribution in [3.8, 4) is 0 Å². The second kappa shape index (κ2) is 3.34. The first-order valence-corrected chi connectivity index (χ1v) is 6.12. The molecule has 2 atom stereocenters. The second-order valence-electron chi connectivity index (χ2n) is 5.20. The molecule has 1 aromatic carbocycles. The molecule has 1 fully saturated rings. The molecule has 2 bridgehead atoms. The highest BCUT2D eigenvalue weighted by Gasteiger charge is 2.38. The van der Waals surface area contributed by atoms with Gasteiger partial charge in [-0.3, -0.25) is 4.90 Å². The molecule has 0 radical (unpaired) electrons. The molecule has 0 N–H and O–H groups in total. The summed E-state index contributed by atoms with van der Waals surface area (Å²) >= 11 is 0. The molecule has 1 nitrogen and oxygen atoms in total. The van der Waals surface area contributed by atoms with E-state index in [1.165, 1.54) is 19.4 Å². The lowest BCUT2D eigenvalue weighted by atomic mass is 9.95. The maximum Gasteiger partial charge on any atom is 0.0359 e. The summed E-state index contributed by atoms with van der Waals surface area (Å²) in [5.41, 5.74) is 3.24. The summed E-state index contributed by atoms with van der Waals surface area (Å²) in [5, 5.41) is 0. The van der Waals surface area contributed by atoms with Gasteiger partial charge in [-0.2, -0.15) is 0 Å². The number of hydrogen-bond donors (Lipinski definition) is 0. The van der Waals surface area contributed by atoms with E-state index < -0.39 is 0 Å². The predicted molar refractivity (Wildman–Crippen MR) is 63.0 cm³/mol. The van der Waals surface area contributed by atoms with E-state index in [0.29, 0.717) is 12.1 Å². The van der Waals surface area contributed by atoms with Crippen LogP contribution in [0.25, 0.3) is 0 Å². The van der Waals surface area contributed by atoms with Crippen molar-refractivity contribution in [1.82, 2.24) is 4.90 Å². The van der Waals surface area contributed by atoms with Crippen molar-refractivity contribution < 1.29 is 0 Å². The predicted octanol–water partition coefficient (Wildman–Crippen LogP) is 3.33. The Labute approximate surface area is 92.1 Å². The molecule has 1 aliphatic carbocycles. The van der Waals surface area contributed by atoms with E-state index in [1.807, 2.05) is 0 Å². The smallest absolute Gasteiger partial charge is 0.0359 e. The topological polar surface area (TPSA) is 3.24 Å². The lowest BCUT2D eigenvalue weighted by Gasteiger charge is -2.36. The monoisotopic (exact) mass is 201 g/mol. The third-order valence-electron chi connectivity index (χ3n) is 4.10. The fourth-order valence-corrected chi connectivity index (χ4v) is 3.38. The number of hydrogen-bond acceptors (Lipinski definition) is 1. The first kappa shape index (κ1) is 9.41. The molecular weight excluding hydrogens is 182 g/mol. The molecule has 0 spiro atoms. The Morgan fingerprint density at radius 2 is 1.93 bits per heavy atom. The zero-order chi connectivity index (χ0) is 10.4. The molecule has 2 aliphatic rings. The number of fused-ring (bicyclic) bond motifs is 5. The van der Waals surface area contributed by atoms with Gasteiger partial charge in [0.15, 0.2) is 0 Å². The number of rotatable bonds is 1. The average Bonchev–Trinajstić information content (AvgIpc) is 2.54. The Hall–Kier alpha value is -0.820. The third-order valence-corrected chi connectivity index (χ3v) is 4.10. The molecule has 1 aromatic rings. The first-order chi connectivity index (χ1) is 7.27. The highest BCUT2D eigenvalue weighted by Crippen LogP contribution is 2.49. The van der Waals surface area contributed by atoms with Gasteiger partial charge in [-0.05, 0) is 50.3 Å². The van der Waals surface area contributed by atoms with E-state index >= 15 is 0 Å². The van der Waals surface area contributed by atoms with Crippen molar-refractivity contribution >= 4 is 0 Å². The minimum Gasteiger partial charge on any atom is -0.294 e. The number of nitrogens with zero attached hydrogens (tertiary/aromatic N) is 1. The van der Waals surface area contributed by atoms with Crippen LogP contribution in [-0.4, -0.2) is 17.5 Å². The zero-order valence-electron chi connectivity index (χ0n) is 9.61. The lowest BCUT2D eigenvalue weighted by Crippen LogP contribution is -2.37. The molecule has 80 valence electrons. The fraction of sp³-hybridized carbons (Fsp3) is 0.571. The van der Waals surface area contributed by atoms with Crippen LogP contribution in [0.1, 0.15) is 49.8 Å². The maximum atomic E-state index is 2.67. The maximum absolute atomic E-state index is 2.67. The van der Waals surface area contributed by atoms with Crippen LogP contribution in [0.2, 0.25) is 0 Å². The highest BCUT2D eigenvalue weighted by molar-refractivity contribution is 5.39. The van der Waals surface area contributed by atoms with E-state index in [2.05, 4.69) is 43.0 Å². The van der Waals surface area contributed by atoms with Crippen molar-refractivity contribution in [2.75, 3.05) is 6.54 Å². The molecule has 2 unspecified atom stereocenters. The van der Waals surface area contributed by atoms with E-state index in [1.54, 1.807) is 11.1 Å². The summed E-state index contributed by atoms with van der Waals surface area (Å²) in [4.78, 5) is 2.67. The Kier molecular flexibility index (Phi) is 2.10. The second-order valence-corrected chi connectivity index (χ2v) is 5.20. The third kappa shape index (κ3) is 1.33. The van der Waals surface area contributed by atoms with Gasteiger partial charge in [0.1, 0.15) is 0 Å². The lowest BCUT2D eigenvalue weighted by molar-refractivity contribution is 0.116. The standard InChI is InChI=1S/C14H19N/c1-10(2)15-8-7-11-9-14(15)13-6-4-3-5-12(11)13/h3-6,10-11,14H,7-9H2,1-2H3. The molecule has 3 rings (SSSR count). The van der Waals surface area contributed by atoms with Crippen LogP contribution in [0.5, 0.6) is 0 Å². The molecule has 1 aliphatic heterocycles. The summed E-state index contributed by atoms with van der Waals surface area (Å²) in [7, 11) is 0. The average molecular weight is 201 g/mol. The molecule has 1 heteroatoms. The van der Waals surface area contributed by atoms with Crippen LogP contribution in [-0.2, 0) is 0 Å². The van der Waals surface area contributed by atoms with Crippen LogP contribution in [0.3, 0.4) is 0 Å². The van der Waals surface area contributed by atoms with Crippen LogP contribution in [0, 0.1) is 0 Å². The van der Waals surface area contributed by atoms with E-state index in [4.69, 9.17) is 0 Å². The van der Waals surface area contributed by atoms with Gasteiger partial charge < -0.3 is 0 Å². The van der Waals surface area contributed by atoms with Crippen LogP contribution >= 0.6 is 0 Å². The van der Waals surface area contributed by atoms with Gasteiger partial charge >= 0.3 is 0 Å². The molecule has 0 amide bonds. The zero-order valence-corrected chi connectivity index (χ0v) is 9.61.